The molecule has 0 radical (unpaired) electrons. The molecule has 0 saturated heterocycles. The van der Waals surface area contributed by atoms with Crippen LogP contribution in [0.1, 0.15) is 32.8 Å². The number of aromatic nitrogens is 1. The number of benzene rings is 1. The van der Waals surface area contributed by atoms with Crippen LogP contribution in [0.3, 0.4) is 0 Å². The lowest BCUT2D eigenvalue weighted by atomic mass is 9.92. The molecule has 0 saturated carbocycles. The molecule has 3 heterocycles. The van der Waals surface area contributed by atoms with Crippen LogP contribution in [0.15, 0.2) is 47.2 Å². The second kappa shape index (κ2) is 5.66. The van der Waals surface area contributed by atoms with Crippen LogP contribution in [-0.2, 0) is 0 Å². The van der Waals surface area contributed by atoms with Crippen LogP contribution in [-0.4, -0.2) is 11.0 Å². The molecule has 0 aliphatic carbocycles. The molecule has 1 aliphatic rings. The number of aryl methyl sites for hydroxylation is 1. The molecule has 0 amide bonds. The minimum atomic E-state index is 0.442. The number of anilines is 1. The average molecular weight is 320 g/mol. The molecular weight excluding hydrogens is 296 g/mol. The smallest absolute Gasteiger partial charge is 0.227 e. The van der Waals surface area contributed by atoms with Crippen LogP contribution >= 0.6 is 0 Å². The first kappa shape index (κ1) is 15.3. The third-order valence-electron chi connectivity index (χ3n) is 5.15. The zero-order valence-electron chi connectivity index (χ0n) is 14.8. The summed E-state index contributed by atoms with van der Waals surface area (Å²) < 4.78 is 6.15. The minimum absolute atomic E-state index is 0.442. The van der Waals surface area contributed by atoms with Crippen molar-refractivity contribution in [2.24, 2.45) is 11.8 Å². The Bertz CT molecular complexity index is 922. The van der Waals surface area contributed by atoms with E-state index in [1.165, 1.54) is 17.7 Å². The van der Waals surface area contributed by atoms with Gasteiger partial charge in [-0.05, 0) is 49.8 Å². The summed E-state index contributed by atoms with van der Waals surface area (Å²) in [5, 5.41) is 2.23. The van der Waals surface area contributed by atoms with Crippen molar-refractivity contribution in [3.8, 4) is 0 Å². The first-order valence-corrected chi connectivity index (χ1v) is 8.79. The van der Waals surface area contributed by atoms with E-state index in [0.29, 0.717) is 23.6 Å². The number of furan rings is 1. The molecule has 1 unspecified atom stereocenters. The Morgan fingerprint density at radius 3 is 2.83 bits per heavy atom. The van der Waals surface area contributed by atoms with E-state index in [2.05, 4.69) is 68.1 Å². The van der Waals surface area contributed by atoms with Gasteiger partial charge in [-0.2, -0.15) is 0 Å². The summed E-state index contributed by atoms with van der Waals surface area (Å²) in [4.78, 5) is 6.77. The fourth-order valence-electron chi connectivity index (χ4n) is 3.88. The molecule has 0 fully saturated rings. The van der Waals surface area contributed by atoms with Gasteiger partial charge >= 0.3 is 0 Å². The van der Waals surface area contributed by atoms with E-state index in [9.17, 15) is 0 Å². The molecule has 0 bridgehead atoms. The second-order valence-electron chi connectivity index (χ2n) is 7.35. The molecule has 2 aromatic heterocycles. The Hall–Kier alpha value is -2.29. The lowest BCUT2D eigenvalue weighted by molar-refractivity contribution is 0.436. The van der Waals surface area contributed by atoms with E-state index in [1.54, 1.807) is 6.20 Å². The molecule has 0 N–H and O–H groups in total. The highest BCUT2D eigenvalue weighted by Gasteiger charge is 2.29. The average Bonchev–Trinajstić information content (AvgIpc) is 3.09. The van der Waals surface area contributed by atoms with E-state index in [1.807, 2.05) is 6.07 Å². The third kappa shape index (κ3) is 2.31. The van der Waals surface area contributed by atoms with Crippen LogP contribution in [0.25, 0.3) is 22.1 Å². The Kier molecular flexibility index (Phi) is 3.60. The highest BCUT2D eigenvalue weighted by atomic mass is 16.3. The molecular formula is C21H24N2O. The molecule has 124 valence electrons. The Morgan fingerprint density at radius 2 is 2.04 bits per heavy atom. The molecule has 1 aromatic carbocycles. The van der Waals surface area contributed by atoms with Crippen LogP contribution in [0.5, 0.6) is 0 Å². The second-order valence-corrected chi connectivity index (χ2v) is 7.35. The molecule has 3 heteroatoms. The van der Waals surface area contributed by atoms with E-state index in [0.717, 1.165) is 16.4 Å². The topological polar surface area (TPSA) is 29.3 Å². The highest BCUT2D eigenvalue weighted by Crippen LogP contribution is 2.40. The summed E-state index contributed by atoms with van der Waals surface area (Å²) >= 11 is 0. The van der Waals surface area contributed by atoms with Crippen LogP contribution < -0.4 is 4.90 Å². The maximum absolute atomic E-state index is 6.15. The van der Waals surface area contributed by atoms with Gasteiger partial charge in [-0.25, -0.2) is 4.98 Å². The quantitative estimate of drug-likeness (QED) is 0.622. The first-order chi connectivity index (χ1) is 11.6. The van der Waals surface area contributed by atoms with Gasteiger partial charge in [0.05, 0.1) is 5.69 Å². The fraction of sp³-hybridized carbons (Fsp3) is 0.381. The predicted molar refractivity (Wildman–Crippen MR) is 100 cm³/mol. The Balaban J connectivity index is 1.85. The number of nitrogens with zero attached hydrogens (tertiary/aromatic N) is 2. The Morgan fingerprint density at radius 1 is 1.21 bits per heavy atom. The number of fused-ring (bicyclic) bond motifs is 3. The summed E-state index contributed by atoms with van der Waals surface area (Å²) in [5.74, 6) is 1.29. The van der Waals surface area contributed by atoms with Gasteiger partial charge < -0.3 is 9.32 Å². The van der Waals surface area contributed by atoms with Gasteiger partial charge in [0.25, 0.3) is 0 Å². The third-order valence-corrected chi connectivity index (χ3v) is 5.15. The van der Waals surface area contributed by atoms with E-state index >= 15 is 0 Å². The van der Waals surface area contributed by atoms with E-state index < -0.39 is 0 Å². The van der Waals surface area contributed by atoms with Gasteiger partial charge in [-0.3, -0.25) is 0 Å². The van der Waals surface area contributed by atoms with Gasteiger partial charge in [-0.1, -0.05) is 32.1 Å². The zero-order chi connectivity index (χ0) is 16.8. The maximum atomic E-state index is 6.15. The van der Waals surface area contributed by atoms with Crippen molar-refractivity contribution in [1.82, 2.24) is 4.98 Å². The van der Waals surface area contributed by atoms with Gasteiger partial charge in [0, 0.05) is 29.2 Å². The van der Waals surface area contributed by atoms with Crippen molar-refractivity contribution < 1.29 is 4.42 Å². The van der Waals surface area contributed by atoms with Crippen LogP contribution in [0.2, 0.25) is 0 Å². The Labute approximate surface area is 143 Å². The van der Waals surface area contributed by atoms with Crippen molar-refractivity contribution in [2.75, 3.05) is 4.90 Å². The maximum Gasteiger partial charge on any atom is 0.227 e. The van der Waals surface area contributed by atoms with E-state index in [4.69, 9.17) is 4.42 Å². The molecule has 4 rings (SSSR count). The van der Waals surface area contributed by atoms with Gasteiger partial charge in [-0.15, -0.1) is 0 Å². The summed E-state index contributed by atoms with van der Waals surface area (Å²) in [6.07, 6.45) is 7.59. The summed E-state index contributed by atoms with van der Waals surface area (Å²) in [6, 6.07) is 8.83. The lowest BCUT2D eigenvalue weighted by Crippen LogP contribution is -2.30. The fourth-order valence-corrected chi connectivity index (χ4v) is 3.88. The predicted octanol–water partition coefficient (Wildman–Crippen LogP) is 5.67. The number of rotatable bonds is 3. The summed E-state index contributed by atoms with van der Waals surface area (Å²) in [6.45, 7) is 9.05. The van der Waals surface area contributed by atoms with Crippen LogP contribution in [0.4, 0.5) is 5.69 Å². The minimum Gasteiger partial charge on any atom is -0.435 e. The highest BCUT2D eigenvalue weighted by molar-refractivity contribution is 6.08. The summed E-state index contributed by atoms with van der Waals surface area (Å²) in [7, 11) is 0. The van der Waals surface area contributed by atoms with Crippen molar-refractivity contribution in [1.29, 1.82) is 0 Å². The normalized spacial score (nSPS) is 20.8. The van der Waals surface area contributed by atoms with Crippen molar-refractivity contribution in [3.05, 3.63) is 48.3 Å². The lowest BCUT2D eigenvalue weighted by Gasteiger charge is -2.28. The zero-order valence-corrected chi connectivity index (χ0v) is 14.8. The van der Waals surface area contributed by atoms with Crippen molar-refractivity contribution in [3.63, 3.8) is 0 Å². The molecule has 3 aromatic rings. The number of hydrogen-bond acceptors (Lipinski definition) is 3. The first-order valence-electron chi connectivity index (χ1n) is 8.79. The van der Waals surface area contributed by atoms with Gasteiger partial charge in [0.15, 0.2) is 5.58 Å². The molecule has 1 aliphatic heterocycles. The number of hydrogen-bond donors (Lipinski definition) is 0. The summed E-state index contributed by atoms with van der Waals surface area (Å²) in [5.41, 5.74) is 4.09. The molecule has 24 heavy (non-hydrogen) atoms. The van der Waals surface area contributed by atoms with Gasteiger partial charge in [0.1, 0.15) is 0 Å². The van der Waals surface area contributed by atoms with Crippen LogP contribution in [0, 0.1) is 18.8 Å². The molecule has 2 atom stereocenters. The number of pyridine rings is 1. The van der Waals surface area contributed by atoms with E-state index in [-0.39, 0.29) is 0 Å². The standard InChI is InChI=1S/C21H24N2O/c1-13(2)12-16-9-11-23(15(16)4)19-14(3)7-8-17-18-6-5-10-22-21(18)24-20(17)19/h5-11,13,15-16H,12H2,1-4H3/t15-,16?/m0/s1. The largest absolute Gasteiger partial charge is 0.435 e. The molecule has 0 spiro atoms. The van der Waals surface area contributed by atoms with Crippen molar-refractivity contribution >= 4 is 27.8 Å². The molecule has 3 nitrogen and oxygen atoms in total. The van der Waals surface area contributed by atoms with Gasteiger partial charge in [0.2, 0.25) is 5.71 Å². The SMILES string of the molecule is Cc1ccc2c(oc3ncccc32)c1N1C=CC(CC(C)C)[C@@H]1C. The monoisotopic (exact) mass is 320 g/mol. The van der Waals surface area contributed by atoms with Crippen molar-refractivity contribution in [2.45, 2.75) is 40.2 Å².